The predicted octanol–water partition coefficient (Wildman–Crippen LogP) is 2.08. The van der Waals surface area contributed by atoms with Crippen LogP contribution in [0.2, 0.25) is 5.02 Å². The van der Waals surface area contributed by atoms with E-state index in [0.717, 1.165) is 18.5 Å². The maximum absolute atomic E-state index is 11.1. The number of amides is 2. The van der Waals surface area contributed by atoms with Crippen LogP contribution in [0.1, 0.15) is 18.0 Å². The highest BCUT2D eigenvalue weighted by molar-refractivity contribution is 6.30. The summed E-state index contributed by atoms with van der Waals surface area (Å²) in [7, 11) is 0. The lowest BCUT2D eigenvalue weighted by Crippen LogP contribution is -2.44. The Hall–Kier alpha value is -1.22. The van der Waals surface area contributed by atoms with Gasteiger partial charge in [0.25, 0.3) is 0 Å². The molecule has 0 aliphatic carbocycles. The molecule has 2 N–H and O–H groups in total. The Morgan fingerprint density at radius 2 is 2.00 bits per heavy atom. The van der Waals surface area contributed by atoms with Crippen LogP contribution >= 0.6 is 11.6 Å². The summed E-state index contributed by atoms with van der Waals surface area (Å²) in [4.78, 5) is 11.1. The number of halogens is 1. The normalized spacial score (nSPS) is 21.2. The molecule has 0 spiro atoms. The van der Waals surface area contributed by atoms with E-state index in [4.69, 9.17) is 11.6 Å². The Morgan fingerprint density at radius 1 is 1.29 bits per heavy atom. The summed E-state index contributed by atoms with van der Waals surface area (Å²) in [6.07, 6.45) is 0.910. The Balaban J connectivity index is 2.14. The minimum absolute atomic E-state index is 0.101. The van der Waals surface area contributed by atoms with Crippen LogP contribution in [-0.2, 0) is 0 Å². The lowest BCUT2D eigenvalue weighted by Gasteiger charge is -2.24. The number of urea groups is 1. The van der Waals surface area contributed by atoms with E-state index in [1.807, 2.05) is 24.3 Å². The molecule has 1 saturated heterocycles. The monoisotopic (exact) mass is 210 g/mol. The third-order valence-corrected chi connectivity index (χ3v) is 2.55. The van der Waals surface area contributed by atoms with E-state index >= 15 is 0 Å². The van der Waals surface area contributed by atoms with Crippen molar-refractivity contribution in [2.75, 3.05) is 6.54 Å². The second kappa shape index (κ2) is 3.88. The first-order valence-corrected chi connectivity index (χ1v) is 4.93. The van der Waals surface area contributed by atoms with Crippen molar-refractivity contribution in [3.05, 3.63) is 34.9 Å². The van der Waals surface area contributed by atoms with Crippen LogP contribution in [0, 0.1) is 0 Å². The molecule has 1 aliphatic rings. The minimum atomic E-state index is -0.101. The van der Waals surface area contributed by atoms with E-state index in [1.54, 1.807) is 0 Å². The summed E-state index contributed by atoms with van der Waals surface area (Å²) in [5.74, 6) is 0. The van der Waals surface area contributed by atoms with Gasteiger partial charge in [-0.2, -0.15) is 0 Å². The molecule has 1 aromatic rings. The molecule has 4 heteroatoms. The summed E-state index contributed by atoms with van der Waals surface area (Å²) in [5, 5.41) is 6.29. The van der Waals surface area contributed by atoms with Crippen molar-refractivity contribution in [1.82, 2.24) is 10.6 Å². The van der Waals surface area contributed by atoms with E-state index in [1.165, 1.54) is 0 Å². The van der Waals surface area contributed by atoms with E-state index in [-0.39, 0.29) is 12.1 Å². The maximum atomic E-state index is 11.1. The van der Waals surface area contributed by atoms with E-state index in [2.05, 4.69) is 10.6 Å². The zero-order chi connectivity index (χ0) is 9.97. The molecule has 0 saturated carbocycles. The fraction of sp³-hybridized carbons (Fsp3) is 0.300. The van der Waals surface area contributed by atoms with Gasteiger partial charge in [-0.15, -0.1) is 0 Å². The molecule has 1 aromatic carbocycles. The highest BCUT2D eigenvalue weighted by Crippen LogP contribution is 2.20. The first-order chi connectivity index (χ1) is 6.75. The molecule has 1 fully saturated rings. The van der Waals surface area contributed by atoms with Gasteiger partial charge in [-0.05, 0) is 24.1 Å². The standard InChI is InChI=1S/C10H11ClN2O/c11-8-3-1-7(2-4-8)9-5-6-12-10(14)13-9/h1-4,9H,5-6H2,(H2,12,13,14)/t9-/m1/s1. The summed E-state index contributed by atoms with van der Waals surface area (Å²) in [6, 6.07) is 7.57. The molecule has 1 atom stereocenters. The second-order valence-electron chi connectivity index (χ2n) is 3.29. The number of carbonyl (C=O) groups excluding carboxylic acids is 1. The summed E-state index contributed by atoms with van der Waals surface area (Å²) in [6.45, 7) is 0.721. The molecule has 2 rings (SSSR count). The first kappa shape index (κ1) is 9.34. The number of hydrogen-bond donors (Lipinski definition) is 2. The highest BCUT2D eigenvalue weighted by atomic mass is 35.5. The number of carbonyl (C=O) groups is 1. The van der Waals surface area contributed by atoms with E-state index < -0.39 is 0 Å². The van der Waals surface area contributed by atoms with Crippen LogP contribution in [0.5, 0.6) is 0 Å². The predicted molar refractivity (Wildman–Crippen MR) is 55.3 cm³/mol. The quantitative estimate of drug-likeness (QED) is 0.732. The van der Waals surface area contributed by atoms with Crippen LogP contribution in [0.4, 0.5) is 4.79 Å². The number of rotatable bonds is 1. The molecule has 0 bridgehead atoms. The topological polar surface area (TPSA) is 41.1 Å². The zero-order valence-corrected chi connectivity index (χ0v) is 8.34. The van der Waals surface area contributed by atoms with Gasteiger partial charge in [0.05, 0.1) is 6.04 Å². The third kappa shape index (κ3) is 1.99. The van der Waals surface area contributed by atoms with Crippen molar-refractivity contribution < 1.29 is 4.79 Å². The van der Waals surface area contributed by atoms with E-state index in [9.17, 15) is 4.79 Å². The molecular weight excluding hydrogens is 200 g/mol. The van der Waals surface area contributed by atoms with Crippen molar-refractivity contribution in [3.8, 4) is 0 Å². The Morgan fingerprint density at radius 3 is 2.64 bits per heavy atom. The smallest absolute Gasteiger partial charge is 0.315 e. The molecule has 2 amide bonds. The van der Waals surface area contributed by atoms with Gasteiger partial charge in [0.15, 0.2) is 0 Å². The van der Waals surface area contributed by atoms with Gasteiger partial charge >= 0.3 is 6.03 Å². The van der Waals surface area contributed by atoms with Crippen LogP contribution in [0.15, 0.2) is 24.3 Å². The van der Waals surface area contributed by atoms with Gasteiger partial charge in [-0.25, -0.2) is 4.79 Å². The van der Waals surface area contributed by atoms with Crippen LogP contribution in [0.25, 0.3) is 0 Å². The minimum Gasteiger partial charge on any atom is -0.338 e. The highest BCUT2D eigenvalue weighted by Gasteiger charge is 2.18. The molecular formula is C10H11ClN2O. The molecule has 14 heavy (non-hydrogen) atoms. The van der Waals surface area contributed by atoms with Gasteiger partial charge in [-0.3, -0.25) is 0 Å². The molecule has 1 heterocycles. The zero-order valence-electron chi connectivity index (χ0n) is 7.59. The molecule has 74 valence electrons. The fourth-order valence-corrected chi connectivity index (χ4v) is 1.68. The molecule has 0 aromatic heterocycles. The largest absolute Gasteiger partial charge is 0.338 e. The van der Waals surface area contributed by atoms with Gasteiger partial charge in [0.1, 0.15) is 0 Å². The lowest BCUT2D eigenvalue weighted by atomic mass is 10.0. The van der Waals surface area contributed by atoms with Gasteiger partial charge in [0, 0.05) is 11.6 Å². The van der Waals surface area contributed by atoms with Crippen molar-refractivity contribution >= 4 is 17.6 Å². The Labute approximate surface area is 87.4 Å². The van der Waals surface area contributed by atoms with Crippen LogP contribution in [-0.4, -0.2) is 12.6 Å². The fourth-order valence-electron chi connectivity index (χ4n) is 1.56. The molecule has 0 unspecified atom stereocenters. The number of benzene rings is 1. The van der Waals surface area contributed by atoms with Gasteiger partial charge in [-0.1, -0.05) is 23.7 Å². The van der Waals surface area contributed by atoms with Gasteiger partial charge in [0.2, 0.25) is 0 Å². The summed E-state index contributed by atoms with van der Waals surface area (Å²) >= 11 is 5.78. The Bertz CT molecular complexity index is 336. The van der Waals surface area contributed by atoms with Crippen molar-refractivity contribution in [1.29, 1.82) is 0 Å². The van der Waals surface area contributed by atoms with Gasteiger partial charge < -0.3 is 10.6 Å². The first-order valence-electron chi connectivity index (χ1n) is 4.55. The van der Waals surface area contributed by atoms with Crippen molar-refractivity contribution in [3.63, 3.8) is 0 Å². The van der Waals surface area contributed by atoms with E-state index in [0.29, 0.717) is 5.02 Å². The maximum Gasteiger partial charge on any atom is 0.315 e. The number of hydrogen-bond acceptors (Lipinski definition) is 1. The van der Waals surface area contributed by atoms with Crippen molar-refractivity contribution in [2.45, 2.75) is 12.5 Å². The average molecular weight is 211 g/mol. The SMILES string of the molecule is O=C1NCC[C@H](c2ccc(Cl)cc2)N1. The summed E-state index contributed by atoms with van der Waals surface area (Å²) in [5.41, 5.74) is 1.10. The molecule has 3 nitrogen and oxygen atoms in total. The molecule has 0 radical (unpaired) electrons. The third-order valence-electron chi connectivity index (χ3n) is 2.30. The number of nitrogens with one attached hydrogen (secondary N) is 2. The van der Waals surface area contributed by atoms with Crippen LogP contribution < -0.4 is 10.6 Å². The van der Waals surface area contributed by atoms with Crippen LogP contribution in [0.3, 0.4) is 0 Å². The summed E-state index contributed by atoms with van der Waals surface area (Å²) < 4.78 is 0. The second-order valence-corrected chi connectivity index (χ2v) is 3.73. The lowest BCUT2D eigenvalue weighted by molar-refractivity contribution is 0.229. The molecule has 1 aliphatic heterocycles. The van der Waals surface area contributed by atoms with Crippen molar-refractivity contribution in [2.24, 2.45) is 0 Å². The Kier molecular flexibility index (Phi) is 2.59. The average Bonchev–Trinajstić information content (AvgIpc) is 2.19.